The van der Waals surface area contributed by atoms with E-state index in [-0.39, 0.29) is 25.7 Å². The van der Waals surface area contributed by atoms with E-state index in [9.17, 15) is 29.2 Å². The fourth-order valence-corrected chi connectivity index (χ4v) is 3.30. The van der Waals surface area contributed by atoms with Gasteiger partial charge in [0.15, 0.2) is 0 Å². The lowest BCUT2D eigenvalue weighted by Gasteiger charge is -2.16. The second-order valence-electron chi connectivity index (χ2n) is 8.27. The van der Waals surface area contributed by atoms with E-state index >= 15 is 0 Å². The van der Waals surface area contributed by atoms with Gasteiger partial charge in [0.1, 0.15) is 12.1 Å². The van der Waals surface area contributed by atoms with Gasteiger partial charge in [-0.2, -0.15) is 5.06 Å². The molecule has 0 radical (unpaired) electrons. The molecule has 0 bridgehead atoms. The van der Waals surface area contributed by atoms with Gasteiger partial charge < -0.3 is 20.1 Å². The van der Waals surface area contributed by atoms with Gasteiger partial charge in [-0.1, -0.05) is 31.7 Å². The van der Waals surface area contributed by atoms with Crippen LogP contribution < -0.4 is 21.2 Å². The van der Waals surface area contributed by atoms with Crippen molar-refractivity contribution in [2.24, 2.45) is 0 Å². The minimum Gasteiger partial charge on any atom is -0.467 e. The summed E-state index contributed by atoms with van der Waals surface area (Å²) in [6.45, 7) is 3.89. The van der Waals surface area contributed by atoms with Gasteiger partial charge in [-0.25, -0.2) is 9.59 Å². The summed E-state index contributed by atoms with van der Waals surface area (Å²) in [4.78, 5) is 56.2. The molecule has 3 amide bonds. The minimum absolute atomic E-state index is 0. The smallest absolute Gasteiger partial charge is 0.328 e. The van der Waals surface area contributed by atoms with Crippen LogP contribution in [0, 0.1) is 0 Å². The second kappa shape index (κ2) is 17.9. The molecule has 2 atom stereocenters. The van der Waals surface area contributed by atoms with Crippen LogP contribution in [0.15, 0.2) is 48.5 Å². The Bertz CT molecular complexity index is 1120. The summed E-state index contributed by atoms with van der Waals surface area (Å²) in [7, 11) is 2.52. The zero-order valence-corrected chi connectivity index (χ0v) is 22.4. The highest BCUT2D eigenvalue weighted by molar-refractivity contribution is 5.89. The lowest BCUT2D eigenvalue weighted by molar-refractivity contribution is -0.145. The molecular formula is C27H38N4O9. The number of nitrogens with zero attached hydrogens (tertiary/aromatic N) is 1. The van der Waals surface area contributed by atoms with Crippen LogP contribution in [0.2, 0.25) is 0 Å². The van der Waals surface area contributed by atoms with Gasteiger partial charge in [0.25, 0.3) is 0 Å². The van der Waals surface area contributed by atoms with Crippen LogP contribution >= 0.6 is 0 Å². The monoisotopic (exact) mass is 562 g/mol. The van der Waals surface area contributed by atoms with Crippen molar-refractivity contribution < 1.29 is 43.9 Å². The molecule has 2 aromatic rings. The first-order valence-electron chi connectivity index (χ1n) is 11.7. The number of ether oxygens (including phenoxy) is 2. The summed E-state index contributed by atoms with van der Waals surface area (Å²) in [6.07, 6.45) is 0.579. The molecule has 13 nitrogen and oxygen atoms in total. The lowest BCUT2D eigenvalue weighted by Crippen LogP contribution is -2.41. The van der Waals surface area contributed by atoms with E-state index in [0.717, 1.165) is 11.1 Å². The SMILES string of the molecule is C.COC(=O)[C@@H](Cc1ccc(N(O)C(C)=O)cc1)NC(C)=O.COC(=O)[C@@H](Cc1ccc(NO)cc1)NC(C)=O. The summed E-state index contributed by atoms with van der Waals surface area (Å²) in [5.74, 6) is -2.16. The third-order valence-corrected chi connectivity index (χ3v) is 5.17. The number of hydrogen-bond acceptors (Lipinski definition) is 10. The highest BCUT2D eigenvalue weighted by atomic mass is 16.5. The Kier molecular flexibility index (Phi) is 15.9. The zero-order valence-electron chi connectivity index (χ0n) is 22.4. The molecule has 220 valence electrons. The number of methoxy groups -OCH3 is 2. The molecule has 0 aromatic heterocycles. The number of nitrogens with one attached hydrogen (secondary N) is 3. The van der Waals surface area contributed by atoms with Gasteiger partial charge in [0, 0.05) is 33.6 Å². The number of amides is 3. The number of hydrogen-bond donors (Lipinski definition) is 5. The Morgan fingerprint density at radius 3 is 1.43 bits per heavy atom. The molecule has 0 spiro atoms. The first-order chi connectivity index (χ1) is 18.4. The van der Waals surface area contributed by atoms with Crippen LogP contribution in [-0.4, -0.2) is 66.4 Å². The Labute approximate surface area is 233 Å². The van der Waals surface area contributed by atoms with Gasteiger partial charge in [-0.05, 0) is 35.4 Å². The maximum atomic E-state index is 11.6. The van der Waals surface area contributed by atoms with Gasteiger partial charge in [-0.15, -0.1) is 0 Å². The van der Waals surface area contributed by atoms with Crippen molar-refractivity contribution in [3.8, 4) is 0 Å². The summed E-state index contributed by atoms with van der Waals surface area (Å²) < 4.78 is 9.26. The number of rotatable bonds is 10. The van der Waals surface area contributed by atoms with Crippen molar-refractivity contribution in [3.63, 3.8) is 0 Å². The van der Waals surface area contributed by atoms with E-state index in [1.54, 1.807) is 48.5 Å². The molecule has 0 saturated carbocycles. The molecule has 5 N–H and O–H groups in total. The fourth-order valence-electron chi connectivity index (χ4n) is 3.30. The first kappa shape index (κ1) is 35.5. The summed E-state index contributed by atoms with van der Waals surface area (Å²) >= 11 is 0. The largest absolute Gasteiger partial charge is 0.467 e. The molecular weight excluding hydrogens is 524 g/mol. The third-order valence-electron chi connectivity index (χ3n) is 5.17. The van der Waals surface area contributed by atoms with Crippen LogP contribution in [0.1, 0.15) is 39.3 Å². The predicted octanol–water partition coefficient (Wildman–Crippen LogP) is 1.99. The van der Waals surface area contributed by atoms with Crippen molar-refractivity contribution in [3.05, 3.63) is 59.7 Å². The van der Waals surface area contributed by atoms with Crippen LogP contribution in [0.3, 0.4) is 0 Å². The molecule has 0 aliphatic carbocycles. The molecule has 0 fully saturated rings. The van der Waals surface area contributed by atoms with E-state index in [1.165, 1.54) is 35.0 Å². The molecule has 0 aliphatic rings. The number of carbonyl (C=O) groups excluding carboxylic acids is 5. The van der Waals surface area contributed by atoms with Gasteiger partial charge in [-0.3, -0.25) is 30.3 Å². The standard InChI is InChI=1S/C14H18N2O5.C12H16N2O4.CH4/c1-9(17)15-13(14(19)21-3)8-11-4-6-12(7-5-11)16(20)10(2)18;1-8(15)13-11(12(16)18-2)7-9-3-5-10(14-17)6-4-9;/h4-7,13,20H,8H2,1-3H3,(H,15,17);3-6,11,14,17H,7H2,1-2H3,(H,13,15);1H4/t13-;11-;/m11./s1. The van der Waals surface area contributed by atoms with E-state index < -0.39 is 29.9 Å². The fraction of sp³-hybridized carbons (Fsp3) is 0.370. The van der Waals surface area contributed by atoms with Gasteiger partial charge >= 0.3 is 11.9 Å². The average molecular weight is 563 g/mol. The van der Waals surface area contributed by atoms with Crippen molar-refractivity contribution in [1.29, 1.82) is 0 Å². The molecule has 0 unspecified atom stereocenters. The molecule has 2 aromatic carbocycles. The molecule has 0 saturated heterocycles. The minimum atomic E-state index is -0.781. The Morgan fingerprint density at radius 1 is 0.750 bits per heavy atom. The third kappa shape index (κ3) is 12.4. The molecule has 40 heavy (non-hydrogen) atoms. The van der Waals surface area contributed by atoms with Crippen molar-refractivity contribution >= 4 is 41.0 Å². The average Bonchev–Trinajstić information content (AvgIpc) is 2.91. The highest BCUT2D eigenvalue weighted by Gasteiger charge is 2.21. The number of anilines is 2. The quantitative estimate of drug-likeness (QED) is 0.163. The van der Waals surface area contributed by atoms with Crippen LogP contribution in [0.25, 0.3) is 0 Å². The number of hydroxylamine groups is 1. The number of benzene rings is 2. The highest BCUT2D eigenvalue weighted by Crippen LogP contribution is 2.15. The summed E-state index contributed by atoms with van der Waals surface area (Å²) in [5.41, 5.74) is 4.48. The van der Waals surface area contributed by atoms with E-state index in [2.05, 4.69) is 20.1 Å². The summed E-state index contributed by atoms with van der Waals surface area (Å²) in [5, 5.41) is 23.7. The first-order valence-corrected chi connectivity index (χ1v) is 11.7. The van der Waals surface area contributed by atoms with Crippen LogP contribution in [0.4, 0.5) is 11.4 Å². The summed E-state index contributed by atoms with van der Waals surface area (Å²) in [6, 6.07) is 11.7. The van der Waals surface area contributed by atoms with Crippen molar-refractivity contribution in [2.75, 3.05) is 24.8 Å². The maximum Gasteiger partial charge on any atom is 0.328 e. The zero-order chi connectivity index (χ0) is 29.5. The van der Waals surface area contributed by atoms with E-state index in [1.807, 2.05) is 5.48 Å². The molecule has 0 heterocycles. The normalized spacial score (nSPS) is 11.2. The van der Waals surface area contributed by atoms with E-state index in [0.29, 0.717) is 22.9 Å². The Hall–Kier alpha value is -4.49. The van der Waals surface area contributed by atoms with Crippen molar-refractivity contribution in [1.82, 2.24) is 10.6 Å². The topological polar surface area (TPSA) is 184 Å². The number of carbonyl (C=O) groups is 5. The molecule has 13 heteroatoms. The van der Waals surface area contributed by atoms with Gasteiger partial charge in [0.2, 0.25) is 17.7 Å². The maximum absolute atomic E-state index is 11.6. The van der Waals surface area contributed by atoms with E-state index in [4.69, 9.17) is 5.21 Å². The lowest BCUT2D eigenvalue weighted by atomic mass is 10.1. The Morgan fingerprint density at radius 2 is 1.12 bits per heavy atom. The van der Waals surface area contributed by atoms with Crippen LogP contribution in [-0.2, 0) is 46.3 Å². The van der Waals surface area contributed by atoms with Gasteiger partial charge in [0.05, 0.1) is 25.6 Å². The Balaban J connectivity index is 0.000000750. The molecule has 0 aliphatic heterocycles. The van der Waals surface area contributed by atoms with Crippen molar-refractivity contribution in [2.45, 2.75) is 53.1 Å². The number of esters is 2. The molecule has 2 rings (SSSR count). The predicted molar refractivity (Wildman–Crippen MR) is 147 cm³/mol. The second-order valence-corrected chi connectivity index (χ2v) is 8.27. The van der Waals surface area contributed by atoms with Crippen LogP contribution in [0.5, 0.6) is 0 Å².